The summed E-state index contributed by atoms with van der Waals surface area (Å²) in [4.78, 5) is 0.294. The van der Waals surface area contributed by atoms with Gasteiger partial charge in [-0.1, -0.05) is 24.3 Å². The van der Waals surface area contributed by atoms with Gasteiger partial charge in [-0.25, -0.2) is 5.10 Å². The molecule has 5 heteroatoms. The van der Waals surface area contributed by atoms with Crippen molar-refractivity contribution in [2.45, 2.75) is 32.0 Å². The Hall–Kier alpha value is -1.46. The molecular weight excluding hydrogens is 248 g/mol. The van der Waals surface area contributed by atoms with Gasteiger partial charge < -0.3 is 9.15 Å². The quantitative estimate of drug-likeness (QED) is 0.864. The number of rotatable bonds is 3. The van der Waals surface area contributed by atoms with Crippen LogP contribution in [-0.2, 0) is 24.2 Å². The zero-order chi connectivity index (χ0) is 12.4. The molecule has 1 N–H and O–H groups in total. The predicted octanol–water partition coefficient (Wildman–Crippen LogP) is 2.81. The molecule has 0 bridgehead atoms. The van der Waals surface area contributed by atoms with Crippen LogP contribution in [0, 0.1) is 4.84 Å². The zero-order valence-electron chi connectivity index (χ0n) is 9.89. The van der Waals surface area contributed by atoms with Gasteiger partial charge in [0, 0.05) is 0 Å². The van der Waals surface area contributed by atoms with E-state index in [0.29, 0.717) is 17.3 Å². The van der Waals surface area contributed by atoms with Crippen molar-refractivity contribution in [3.05, 3.63) is 46.1 Å². The summed E-state index contributed by atoms with van der Waals surface area (Å²) >= 11 is 4.82. The van der Waals surface area contributed by atoms with E-state index in [1.54, 1.807) is 0 Å². The number of nitrogens with zero attached hydrogens (tertiary/aromatic N) is 1. The Morgan fingerprint density at radius 3 is 3.00 bits per heavy atom. The summed E-state index contributed by atoms with van der Waals surface area (Å²) in [5.74, 6) is 0.513. The van der Waals surface area contributed by atoms with Crippen LogP contribution in [0.15, 0.2) is 28.7 Å². The number of aryl methyl sites for hydroxylation is 1. The summed E-state index contributed by atoms with van der Waals surface area (Å²) in [6, 6.07) is 8.53. The lowest BCUT2D eigenvalue weighted by molar-refractivity contribution is 0.0203. The van der Waals surface area contributed by atoms with E-state index < -0.39 is 0 Å². The first-order chi connectivity index (χ1) is 8.81. The van der Waals surface area contributed by atoms with Crippen LogP contribution in [0.3, 0.4) is 0 Å². The van der Waals surface area contributed by atoms with E-state index in [1.165, 1.54) is 11.1 Å². The van der Waals surface area contributed by atoms with Crippen LogP contribution in [-0.4, -0.2) is 16.3 Å². The molecule has 0 saturated carbocycles. The smallest absolute Gasteiger partial charge is 0.284 e. The predicted molar refractivity (Wildman–Crippen MR) is 68.7 cm³/mol. The maximum Gasteiger partial charge on any atom is 0.284 e. The van der Waals surface area contributed by atoms with Gasteiger partial charge in [0.05, 0.1) is 6.10 Å². The van der Waals surface area contributed by atoms with Crippen molar-refractivity contribution in [1.82, 2.24) is 10.2 Å². The second kappa shape index (κ2) is 5.04. The molecule has 0 saturated heterocycles. The highest BCUT2D eigenvalue weighted by atomic mass is 32.1. The van der Waals surface area contributed by atoms with Gasteiger partial charge in [0.2, 0.25) is 5.89 Å². The van der Waals surface area contributed by atoms with E-state index in [0.717, 1.165) is 19.3 Å². The number of H-pyrrole nitrogens is 1. The normalized spacial score (nSPS) is 18.6. The van der Waals surface area contributed by atoms with Crippen molar-refractivity contribution in [3.8, 4) is 0 Å². The van der Waals surface area contributed by atoms with Crippen molar-refractivity contribution >= 4 is 12.2 Å². The molecule has 0 radical (unpaired) electrons. The topological polar surface area (TPSA) is 51.0 Å². The molecule has 1 aliphatic carbocycles. The van der Waals surface area contributed by atoms with Crippen LogP contribution < -0.4 is 0 Å². The number of hydrogen-bond donors (Lipinski definition) is 1. The van der Waals surface area contributed by atoms with E-state index in [-0.39, 0.29) is 6.10 Å². The van der Waals surface area contributed by atoms with E-state index >= 15 is 0 Å². The van der Waals surface area contributed by atoms with Crippen LogP contribution >= 0.6 is 12.2 Å². The van der Waals surface area contributed by atoms with Crippen LogP contribution in [0.4, 0.5) is 0 Å². The molecule has 1 unspecified atom stereocenters. The monoisotopic (exact) mass is 262 g/mol. The third kappa shape index (κ3) is 2.52. The molecule has 4 nitrogen and oxygen atoms in total. The van der Waals surface area contributed by atoms with Crippen LogP contribution in [0.1, 0.15) is 23.4 Å². The van der Waals surface area contributed by atoms with Gasteiger partial charge in [0.15, 0.2) is 0 Å². The van der Waals surface area contributed by atoms with Crippen molar-refractivity contribution in [2.24, 2.45) is 0 Å². The Bertz CT molecular complexity index is 590. The standard InChI is InChI=1S/C13H14N2O2S/c18-13-15-14-12(17-13)8-16-11-6-5-9-3-1-2-4-10(9)7-11/h1-4,11H,5-8H2,(H,15,18). The number of nitrogens with one attached hydrogen (secondary N) is 1. The number of hydrogen-bond acceptors (Lipinski definition) is 4. The van der Waals surface area contributed by atoms with Gasteiger partial charge in [-0.3, -0.25) is 0 Å². The first-order valence-electron chi connectivity index (χ1n) is 6.04. The molecule has 1 heterocycles. The highest BCUT2D eigenvalue weighted by Gasteiger charge is 2.19. The summed E-state index contributed by atoms with van der Waals surface area (Å²) in [5, 5.41) is 6.51. The minimum Gasteiger partial charge on any atom is -0.412 e. The molecule has 1 aromatic carbocycles. The van der Waals surface area contributed by atoms with Gasteiger partial charge in [-0.15, -0.1) is 5.10 Å². The van der Waals surface area contributed by atoms with Crippen LogP contribution in [0.2, 0.25) is 0 Å². The van der Waals surface area contributed by atoms with E-state index in [9.17, 15) is 0 Å². The third-order valence-electron chi connectivity index (χ3n) is 3.23. The third-order valence-corrected chi connectivity index (χ3v) is 3.40. The molecule has 0 aliphatic heterocycles. The Labute approximate surface area is 110 Å². The molecule has 94 valence electrons. The Kier molecular flexibility index (Phi) is 3.25. The van der Waals surface area contributed by atoms with E-state index in [1.807, 2.05) is 0 Å². The number of aromatic amines is 1. The molecule has 0 spiro atoms. The molecule has 3 rings (SSSR count). The van der Waals surface area contributed by atoms with Crippen LogP contribution in [0.5, 0.6) is 0 Å². The first-order valence-corrected chi connectivity index (χ1v) is 6.45. The number of ether oxygens (including phenoxy) is 1. The van der Waals surface area contributed by atoms with Gasteiger partial charge in [0.25, 0.3) is 4.84 Å². The second-order valence-corrected chi connectivity index (χ2v) is 4.82. The lowest BCUT2D eigenvalue weighted by atomic mass is 9.90. The fourth-order valence-corrected chi connectivity index (χ4v) is 2.46. The van der Waals surface area contributed by atoms with Crippen molar-refractivity contribution in [1.29, 1.82) is 0 Å². The van der Waals surface area contributed by atoms with Crippen LogP contribution in [0.25, 0.3) is 0 Å². The summed E-state index contributed by atoms with van der Waals surface area (Å²) in [6.45, 7) is 0.375. The fourth-order valence-electron chi connectivity index (χ4n) is 2.32. The average molecular weight is 262 g/mol. The van der Waals surface area contributed by atoms with E-state index in [4.69, 9.17) is 21.4 Å². The number of fused-ring (bicyclic) bond motifs is 1. The lowest BCUT2D eigenvalue weighted by Gasteiger charge is -2.24. The SMILES string of the molecule is S=c1[nH]nc(COC2CCc3ccccc3C2)o1. The summed E-state index contributed by atoms with van der Waals surface area (Å²) in [6.07, 6.45) is 3.31. The van der Waals surface area contributed by atoms with Crippen molar-refractivity contribution in [2.75, 3.05) is 0 Å². The molecule has 18 heavy (non-hydrogen) atoms. The Balaban J connectivity index is 1.61. The summed E-state index contributed by atoms with van der Waals surface area (Å²) < 4.78 is 11.0. The molecule has 1 atom stereocenters. The molecule has 2 aromatic rings. The van der Waals surface area contributed by atoms with Gasteiger partial charge >= 0.3 is 0 Å². The Morgan fingerprint density at radius 2 is 2.22 bits per heavy atom. The average Bonchev–Trinajstić information content (AvgIpc) is 2.82. The molecule has 0 fully saturated rings. The highest BCUT2D eigenvalue weighted by molar-refractivity contribution is 7.71. The maximum absolute atomic E-state index is 5.82. The van der Waals surface area contributed by atoms with Gasteiger partial charge in [-0.05, 0) is 42.6 Å². The van der Waals surface area contributed by atoms with Gasteiger partial charge in [0.1, 0.15) is 6.61 Å². The minimum atomic E-state index is 0.236. The zero-order valence-corrected chi connectivity index (χ0v) is 10.7. The summed E-state index contributed by atoms with van der Waals surface area (Å²) in [5.41, 5.74) is 2.83. The molecule has 1 aromatic heterocycles. The fraction of sp³-hybridized carbons (Fsp3) is 0.385. The van der Waals surface area contributed by atoms with E-state index in [2.05, 4.69) is 34.5 Å². The van der Waals surface area contributed by atoms with Crippen molar-refractivity contribution < 1.29 is 9.15 Å². The molecule has 1 aliphatic rings. The number of aromatic nitrogens is 2. The summed E-state index contributed by atoms with van der Waals surface area (Å²) in [7, 11) is 0. The second-order valence-electron chi connectivity index (χ2n) is 4.45. The number of benzene rings is 1. The maximum atomic E-state index is 5.82. The molecule has 0 amide bonds. The Morgan fingerprint density at radius 1 is 1.39 bits per heavy atom. The largest absolute Gasteiger partial charge is 0.412 e. The van der Waals surface area contributed by atoms with Gasteiger partial charge in [-0.2, -0.15) is 0 Å². The highest BCUT2D eigenvalue weighted by Crippen LogP contribution is 2.23. The lowest BCUT2D eigenvalue weighted by Crippen LogP contribution is -2.22. The van der Waals surface area contributed by atoms with Crippen molar-refractivity contribution in [3.63, 3.8) is 0 Å². The minimum absolute atomic E-state index is 0.236. The first kappa shape index (κ1) is 11.6. The molecular formula is C13H14N2O2S.